The molecule has 0 saturated carbocycles. The Morgan fingerprint density at radius 1 is 1.46 bits per heavy atom. The Balaban J connectivity index is 3.05. The van der Waals surface area contributed by atoms with E-state index in [2.05, 4.69) is 16.0 Å². The molecule has 68 valence electrons. The molecule has 1 rings (SSSR count). The fraction of sp³-hybridized carbons (Fsp3) is 0.222. The van der Waals surface area contributed by atoms with E-state index in [1.54, 1.807) is 6.07 Å². The topological polar surface area (TPSA) is 24.7 Å². The molecule has 0 heterocycles. The second-order valence-electron chi connectivity index (χ2n) is 2.25. The summed E-state index contributed by atoms with van der Waals surface area (Å²) in [6.45, 7) is 0. The number of halogens is 1. The predicted molar refractivity (Wildman–Crippen MR) is 53.6 cm³/mol. The smallest absolute Gasteiger partial charge is 0.150 e. The Kier molecular flexibility index (Phi) is 3.68. The van der Waals surface area contributed by atoms with Gasteiger partial charge in [0.2, 0.25) is 0 Å². The lowest BCUT2D eigenvalue weighted by Crippen LogP contribution is -1.77. The molecule has 1 aromatic carbocycles. The summed E-state index contributed by atoms with van der Waals surface area (Å²) in [5.74, 6) is -0.344. The van der Waals surface area contributed by atoms with Crippen LogP contribution >= 0.6 is 11.8 Å². The molecule has 0 radical (unpaired) electrons. The highest BCUT2D eigenvalue weighted by atomic mass is 32.2. The summed E-state index contributed by atoms with van der Waals surface area (Å²) in [4.78, 5) is 8.10. The van der Waals surface area contributed by atoms with Crippen molar-refractivity contribution in [2.75, 3.05) is 13.3 Å². The lowest BCUT2D eigenvalue weighted by atomic mass is 10.3. The molecule has 13 heavy (non-hydrogen) atoms. The van der Waals surface area contributed by atoms with Crippen LogP contribution in [0.5, 0.6) is 0 Å². The van der Waals surface area contributed by atoms with Crippen molar-refractivity contribution in [2.24, 2.45) is 9.98 Å². The zero-order valence-corrected chi connectivity index (χ0v) is 8.23. The maximum Gasteiger partial charge on any atom is 0.150 e. The second kappa shape index (κ2) is 4.80. The third-order valence-electron chi connectivity index (χ3n) is 1.43. The monoisotopic (exact) mass is 196 g/mol. The van der Waals surface area contributed by atoms with E-state index < -0.39 is 0 Å². The summed E-state index contributed by atoms with van der Waals surface area (Å²) in [5, 5.41) is 0. The van der Waals surface area contributed by atoms with Gasteiger partial charge < -0.3 is 0 Å². The number of benzene rings is 1. The van der Waals surface area contributed by atoms with Crippen LogP contribution in [0.3, 0.4) is 0 Å². The number of aliphatic imine (C=N–C) groups is 2. The number of thioether (sulfide) groups is 1. The predicted octanol–water partition coefficient (Wildman–Crippen LogP) is 2.98. The van der Waals surface area contributed by atoms with Crippen molar-refractivity contribution >= 4 is 23.5 Å². The fourth-order valence-corrected chi connectivity index (χ4v) is 1.23. The minimum atomic E-state index is -0.344. The Morgan fingerprint density at radius 3 is 2.77 bits per heavy atom. The lowest BCUT2D eigenvalue weighted by molar-refractivity contribution is 0.626. The maximum absolute atomic E-state index is 13.2. The van der Waals surface area contributed by atoms with Gasteiger partial charge in [0, 0.05) is 11.9 Å². The van der Waals surface area contributed by atoms with Gasteiger partial charge in [-0.25, -0.2) is 9.38 Å². The van der Waals surface area contributed by atoms with E-state index >= 15 is 0 Å². The van der Waals surface area contributed by atoms with Crippen LogP contribution in [0.1, 0.15) is 0 Å². The molecule has 1 aromatic rings. The van der Waals surface area contributed by atoms with Gasteiger partial charge >= 0.3 is 0 Å². The van der Waals surface area contributed by atoms with Gasteiger partial charge in [-0.2, -0.15) is 4.99 Å². The third kappa shape index (κ3) is 2.68. The third-order valence-corrected chi connectivity index (χ3v) is 2.15. The molecule has 2 nitrogen and oxygen atoms in total. The van der Waals surface area contributed by atoms with E-state index in [-0.39, 0.29) is 11.5 Å². The van der Waals surface area contributed by atoms with E-state index in [4.69, 9.17) is 0 Å². The molecule has 0 spiro atoms. The molecule has 0 bridgehead atoms. The average molecular weight is 196 g/mol. The summed E-state index contributed by atoms with van der Waals surface area (Å²) in [6, 6.07) is 7.21. The van der Waals surface area contributed by atoms with Gasteiger partial charge in [-0.15, -0.1) is 11.8 Å². The van der Waals surface area contributed by atoms with Gasteiger partial charge in [-0.3, -0.25) is 0 Å². The Hall–Kier alpha value is -1.12. The summed E-state index contributed by atoms with van der Waals surface area (Å²) < 4.78 is 13.2. The molecule has 4 heteroatoms. The van der Waals surface area contributed by atoms with Crippen LogP contribution in [0.15, 0.2) is 33.1 Å². The standard InChI is InChI=1S/C9H9FN2S/c1-11-6-12-9-4-3-7(13-2)5-8(9)10/h3-5H,1-2H3. The fourth-order valence-electron chi connectivity index (χ4n) is 0.809. The molecule has 0 unspecified atom stereocenters. The Morgan fingerprint density at radius 2 is 2.23 bits per heavy atom. The molecule has 0 aliphatic heterocycles. The van der Waals surface area contributed by atoms with E-state index in [0.29, 0.717) is 0 Å². The SMILES string of the molecule is CN=C=Nc1ccc(SC)cc1F. The Labute approximate surface area is 80.6 Å². The summed E-state index contributed by atoms with van der Waals surface area (Å²) in [5.41, 5.74) is 0.267. The molecule has 0 N–H and O–H groups in total. The van der Waals surface area contributed by atoms with E-state index in [1.165, 1.54) is 24.9 Å². The normalized spacial score (nSPS) is 9.15. The van der Waals surface area contributed by atoms with Crippen LogP contribution in [-0.2, 0) is 0 Å². The summed E-state index contributed by atoms with van der Waals surface area (Å²) in [6.07, 6.45) is 1.89. The minimum absolute atomic E-state index is 0.267. The van der Waals surface area contributed by atoms with Crippen LogP contribution in [0.4, 0.5) is 10.1 Å². The summed E-state index contributed by atoms with van der Waals surface area (Å²) >= 11 is 1.49. The van der Waals surface area contributed by atoms with Crippen molar-refractivity contribution < 1.29 is 4.39 Å². The highest BCUT2D eigenvalue weighted by Crippen LogP contribution is 2.23. The first-order chi connectivity index (χ1) is 6.27. The zero-order valence-electron chi connectivity index (χ0n) is 7.41. The van der Waals surface area contributed by atoms with Crippen molar-refractivity contribution in [3.8, 4) is 0 Å². The van der Waals surface area contributed by atoms with Crippen LogP contribution in [0, 0.1) is 5.82 Å². The molecular weight excluding hydrogens is 187 g/mol. The van der Waals surface area contributed by atoms with Crippen LogP contribution in [0.25, 0.3) is 0 Å². The van der Waals surface area contributed by atoms with E-state index in [1.807, 2.05) is 12.3 Å². The number of rotatable bonds is 2. The van der Waals surface area contributed by atoms with Crippen molar-refractivity contribution in [1.82, 2.24) is 0 Å². The van der Waals surface area contributed by atoms with E-state index in [0.717, 1.165) is 4.90 Å². The van der Waals surface area contributed by atoms with Crippen LogP contribution < -0.4 is 0 Å². The van der Waals surface area contributed by atoms with Gasteiger partial charge in [0.15, 0.2) is 5.82 Å². The first-order valence-corrected chi connectivity index (χ1v) is 4.88. The van der Waals surface area contributed by atoms with Gasteiger partial charge in [-0.05, 0) is 24.5 Å². The quantitative estimate of drug-likeness (QED) is 0.527. The molecule has 0 aliphatic carbocycles. The molecule has 0 saturated heterocycles. The van der Waals surface area contributed by atoms with Crippen molar-refractivity contribution in [2.45, 2.75) is 4.90 Å². The zero-order chi connectivity index (χ0) is 9.68. The van der Waals surface area contributed by atoms with Gasteiger partial charge in [0.05, 0.1) is 6.01 Å². The largest absolute Gasteiger partial charge is 0.229 e. The highest BCUT2D eigenvalue weighted by Gasteiger charge is 2.00. The first-order valence-electron chi connectivity index (χ1n) is 3.66. The van der Waals surface area contributed by atoms with Gasteiger partial charge in [0.25, 0.3) is 0 Å². The molecule has 0 aromatic heterocycles. The maximum atomic E-state index is 13.2. The van der Waals surface area contributed by atoms with Crippen molar-refractivity contribution in [1.29, 1.82) is 0 Å². The van der Waals surface area contributed by atoms with Crippen LogP contribution in [0.2, 0.25) is 0 Å². The van der Waals surface area contributed by atoms with Crippen LogP contribution in [-0.4, -0.2) is 19.3 Å². The lowest BCUT2D eigenvalue weighted by Gasteiger charge is -1.97. The van der Waals surface area contributed by atoms with Gasteiger partial charge in [-0.1, -0.05) is 0 Å². The molecule has 0 aliphatic rings. The summed E-state index contributed by atoms with van der Waals surface area (Å²) in [7, 11) is 1.54. The highest BCUT2D eigenvalue weighted by molar-refractivity contribution is 7.98. The average Bonchev–Trinajstić information content (AvgIpc) is 2.16. The van der Waals surface area contributed by atoms with Gasteiger partial charge in [0.1, 0.15) is 5.69 Å². The molecule has 0 amide bonds. The number of hydrogen-bond acceptors (Lipinski definition) is 3. The molecular formula is C9H9FN2S. The number of nitrogens with zero attached hydrogens (tertiary/aromatic N) is 2. The molecule has 0 fully saturated rings. The second-order valence-corrected chi connectivity index (χ2v) is 3.13. The van der Waals surface area contributed by atoms with Crippen molar-refractivity contribution in [3.05, 3.63) is 24.0 Å². The molecule has 0 atom stereocenters. The number of hydrogen-bond donors (Lipinski definition) is 0. The van der Waals surface area contributed by atoms with Crippen molar-refractivity contribution in [3.63, 3.8) is 0 Å². The van der Waals surface area contributed by atoms with E-state index in [9.17, 15) is 4.39 Å². The Bertz CT molecular complexity index is 357. The minimum Gasteiger partial charge on any atom is -0.229 e. The first kappa shape index (κ1) is 9.96.